The van der Waals surface area contributed by atoms with Gasteiger partial charge in [0, 0.05) is 29.8 Å². The number of pyridine rings is 1. The number of nitrogens with zero attached hydrogens (tertiary/aromatic N) is 1. The minimum absolute atomic E-state index is 0.0194. The first kappa shape index (κ1) is 18.4. The van der Waals surface area contributed by atoms with E-state index in [9.17, 15) is 9.59 Å². The number of ketones is 1. The average molecular weight is 394 g/mol. The van der Waals surface area contributed by atoms with Gasteiger partial charge in [-0.15, -0.1) is 0 Å². The molecule has 4 heteroatoms. The van der Waals surface area contributed by atoms with Crippen molar-refractivity contribution in [1.29, 1.82) is 0 Å². The number of carbonyl (C=O) groups is 1. The zero-order chi connectivity index (χ0) is 21.2. The second kappa shape index (κ2) is 6.42. The Morgan fingerprint density at radius 2 is 1.50 bits per heavy atom. The molecule has 5 rings (SSSR count). The molecule has 0 bridgehead atoms. The van der Waals surface area contributed by atoms with Gasteiger partial charge >= 0.3 is 0 Å². The molecule has 1 aliphatic carbocycles. The molecule has 0 saturated carbocycles. The molecule has 1 aliphatic rings. The highest BCUT2D eigenvalue weighted by atomic mass is 16.1. The highest BCUT2D eigenvalue weighted by molar-refractivity contribution is 6.28. The van der Waals surface area contributed by atoms with Crippen molar-refractivity contribution in [2.75, 3.05) is 5.32 Å². The molecule has 0 atom stereocenters. The van der Waals surface area contributed by atoms with Crippen LogP contribution in [0.2, 0.25) is 0 Å². The highest BCUT2D eigenvalue weighted by Crippen LogP contribution is 2.43. The largest absolute Gasteiger partial charge is 0.355 e. The van der Waals surface area contributed by atoms with Gasteiger partial charge in [0.25, 0.3) is 5.56 Å². The van der Waals surface area contributed by atoms with Crippen molar-refractivity contribution in [3.8, 4) is 11.1 Å². The highest BCUT2D eigenvalue weighted by Gasteiger charge is 2.30. The van der Waals surface area contributed by atoms with Crippen LogP contribution in [0.1, 0.15) is 32.6 Å². The molecule has 0 aliphatic heterocycles. The van der Waals surface area contributed by atoms with Gasteiger partial charge in [0.2, 0.25) is 0 Å². The third-order valence-corrected chi connectivity index (χ3v) is 6.03. The number of hydrogen-bond acceptors (Lipinski definition) is 3. The van der Waals surface area contributed by atoms with Crippen LogP contribution in [0.4, 0.5) is 11.4 Å². The van der Waals surface area contributed by atoms with Crippen molar-refractivity contribution in [3.63, 3.8) is 0 Å². The molecule has 4 aromatic rings. The Labute approximate surface area is 174 Å². The Bertz CT molecular complexity index is 1440. The molecule has 0 radical (unpaired) electrons. The maximum atomic E-state index is 13.6. The van der Waals surface area contributed by atoms with Gasteiger partial charge in [0.15, 0.2) is 5.78 Å². The molecule has 0 unspecified atom stereocenters. The number of carbonyl (C=O) groups excluding carboxylic acids is 1. The number of aromatic nitrogens is 1. The summed E-state index contributed by atoms with van der Waals surface area (Å²) < 4.78 is 1.64. The molecule has 1 N–H and O–H groups in total. The number of anilines is 2. The lowest BCUT2D eigenvalue weighted by molar-refractivity contribution is 0.104. The van der Waals surface area contributed by atoms with E-state index in [0.29, 0.717) is 11.1 Å². The summed E-state index contributed by atoms with van der Waals surface area (Å²) in [6.07, 6.45) is 0. The average Bonchev–Trinajstić information content (AvgIpc) is 2.71. The molecule has 0 spiro atoms. The summed E-state index contributed by atoms with van der Waals surface area (Å²) in [6.45, 7) is 6.11. The minimum atomic E-state index is -0.0780. The quantitative estimate of drug-likeness (QED) is 0.435. The van der Waals surface area contributed by atoms with Crippen LogP contribution in [0.15, 0.2) is 59.4 Å². The maximum Gasteiger partial charge on any atom is 0.251 e. The predicted molar refractivity (Wildman–Crippen MR) is 122 cm³/mol. The van der Waals surface area contributed by atoms with E-state index in [0.717, 1.165) is 44.5 Å². The standard InChI is InChI=1S/C26H22N2O2/c1-14-9-10-20(15(2)11-14)27-21-12-16(3)25-23-19(13-22(29)28(25)4)17-7-5-6-8-18(17)26(30)24(21)23/h5-13,27H,1-4H3. The van der Waals surface area contributed by atoms with Crippen molar-refractivity contribution < 1.29 is 4.79 Å². The Hall–Kier alpha value is -3.66. The Morgan fingerprint density at radius 3 is 2.23 bits per heavy atom. The van der Waals surface area contributed by atoms with Crippen molar-refractivity contribution in [2.45, 2.75) is 20.8 Å². The summed E-state index contributed by atoms with van der Waals surface area (Å²) in [7, 11) is 1.76. The predicted octanol–water partition coefficient (Wildman–Crippen LogP) is 5.42. The van der Waals surface area contributed by atoms with Crippen molar-refractivity contribution in [3.05, 3.63) is 92.8 Å². The van der Waals surface area contributed by atoms with E-state index in [4.69, 9.17) is 0 Å². The SMILES string of the molecule is Cc1ccc(Nc2cc(C)c3c4c(cc(=O)n3C)-c3ccccc3C(=O)c24)c(C)c1. The molecule has 4 nitrogen and oxygen atoms in total. The fourth-order valence-corrected chi connectivity index (χ4v) is 4.60. The third-order valence-electron chi connectivity index (χ3n) is 6.03. The van der Waals surface area contributed by atoms with E-state index in [-0.39, 0.29) is 11.3 Å². The lowest BCUT2D eigenvalue weighted by atomic mass is 9.82. The molecule has 1 heterocycles. The second-order valence-corrected chi connectivity index (χ2v) is 8.11. The number of hydrogen-bond donors (Lipinski definition) is 1. The van der Waals surface area contributed by atoms with Gasteiger partial charge in [0.05, 0.1) is 16.8 Å². The third kappa shape index (κ3) is 2.53. The van der Waals surface area contributed by atoms with Crippen LogP contribution in [-0.2, 0) is 7.05 Å². The Balaban J connectivity index is 1.88. The van der Waals surface area contributed by atoms with Gasteiger partial charge in [-0.1, -0.05) is 42.0 Å². The van der Waals surface area contributed by atoms with E-state index in [1.807, 2.05) is 43.3 Å². The molecule has 3 aromatic carbocycles. The summed E-state index contributed by atoms with van der Waals surface area (Å²) in [5.41, 5.74) is 8.63. The number of aryl methyl sites for hydroxylation is 4. The van der Waals surface area contributed by atoms with E-state index in [1.165, 1.54) is 5.56 Å². The molecule has 1 aromatic heterocycles. The molecule has 0 saturated heterocycles. The molecule has 30 heavy (non-hydrogen) atoms. The zero-order valence-electron chi connectivity index (χ0n) is 17.5. The van der Waals surface area contributed by atoms with E-state index >= 15 is 0 Å². The molecular weight excluding hydrogens is 372 g/mol. The lowest BCUT2D eigenvalue weighted by Crippen LogP contribution is -2.21. The minimum Gasteiger partial charge on any atom is -0.355 e. The van der Waals surface area contributed by atoms with Crippen molar-refractivity contribution >= 4 is 28.1 Å². The second-order valence-electron chi connectivity index (χ2n) is 8.11. The van der Waals surface area contributed by atoms with Crippen LogP contribution in [-0.4, -0.2) is 10.4 Å². The van der Waals surface area contributed by atoms with Crippen LogP contribution in [0.3, 0.4) is 0 Å². The van der Waals surface area contributed by atoms with Gasteiger partial charge in [-0.3, -0.25) is 9.59 Å². The number of fused-ring (bicyclic) bond motifs is 2. The van der Waals surface area contributed by atoms with Crippen LogP contribution in [0, 0.1) is 20.8 Å². The van der Waals surface area contributed by atoms with Gasteiger partial charge in [-0.2, -0.15) is 0 Å². The van der Waals surface area contributed by atoms with Gasteiger partial charge < -0.3 is 9.88 Å². The fourth-order valence-electron chi connectivity index (χ4n) is 4.60. The van der Waals surface area contributed by atoms with Crippen LogP contribution in [0.5, 0.6) is 0 Å². The Morgan fingerprint density at radius 1 is 0.767 bits per heavy atom. The van der Waals surface area contributed by atoms with E-state index in [1.54, 1.807) is 17.7 Å². The Kier molecular flexibility index (Phi) is 3.93. The maximum absolute atomic E-state index is 13.6. The first-order valence-electron chi connectivity index (χ1n) is 10.0. The van der Waals surface area contributed by atoms with E-state index < -0.39 is 0 Å². The smallest absolute Gasteiger partial charge is 0.251 e. The number of benzene rings is 3. The van der Waals surface area contributed by atoms with Crippen LogP contribution < -0.4 is 10.9 Å². The summed E-state index contributed by atoms with van der Waals surface area (Å²) in [6, 6.07) is 17.4. The first-order chi connectivity index (χ1) is 14.4. The summed E-state index contributed by atoms with van der Waals surface area (Å²) in [5, 5.41) is 4.34. The summed E-state index contributed by atoms with van der Waals surface area (Å²) in [5.74, 6) is -0.0194. The fraction of sp³-hybridized carbons (Fsp3) is 0.154. The summed E-state index contributed by atoms with van der Waals surface area (Å²) in [4.78, 5) is 26.3. The number of rotatable bonds is 2. The van der Waals surface area contributed by atoms with Crippen LogP contribution >= 0.6 is 0 Å². The van der Waals surface area contributed by atoms with Crippen molar-refractivity contribution in [1.82, 2.24) is 4.57 Å². The normalized spacial score (nSPS) is 12.2. The summed E-state index contributed by atoms with van der Waals surface area (Å²) >= 11 is 0. The zero-order valence-corrected chi connectivity index (χ0v) is 17.5. The van der Waals surface area contributed by atoms with Crippen molar-refractivity contribution in [2.24, 2.45) is 7.05 Å². The lowest BCUT2D eigenvalue weighted by Gasteiger charge is -2.25. The molecule has 0 fully saturated rings. The van der Waals surface area contributed by atoms with Gasteiger partial charge in [-0.05, 0) is 55.2 Å². The molecular formula is C26H22N2O2. The number of nitrogens with one attached hydrogen (secondary N) is 1. The monoisotopic (exact) mass is 394 g/mol. The van der Waals surface area contributed by atoms with Gasteiger partial charge in [0.1, 0.15) is 0 Å². The molecule has 148 valence electrons. The van der Waals surface area contributed by atoms with E-state index in [2.05, 4.69) is 31.3 Å². The molecule has 0 amide bonds. The topological polar surface area (TPSA) is 51.1 Å². The van der Waals surface area contributed by atoms with Gasteiger partial charge in [-0.25, -0.2) is 0 Å². The first-order valence-corrected chi connectivity index (χ1v) is 10.0. The van der Waals surface area contributed by atoms with Crippen LogP contribution in [0.25, 0.3) is 22.0 Å².